The van der Waals surface area contributed by atoms with Gasteiger partial charge in [0.25, 0.3) is 5.91 Å². The molecule has 0 radical (unpaired) electrons. The SMILES string of the molecule is O=C(c1n[nH]n(/N=C/c2ccc(O)cc2)c1=O)N1CCC(c2ccccc2)CC1. The molecule has 0 saturated carbocycles. The minimum absolute atomic E-state index is 0.143. The second-order valence-corrected chi connectivity index (χ2v) is 6.99. The summed E-state index contributed by atoms with van der Waals surface area (Å²) in [7, 11) is 0. The molecule has 2 heterocycles. The quantitative estimate of drug-likeness (QED) is 0.665. The molecule has 1 aliphatic heterocycles. The summed E-state index contributed by atoms with van der Waals surface area (Å²) in [4.78, 5) is 27.8. The van der Waals surface area contributed by atoms with E-state index in [0.29, 0.717) is 24.6 Å². The topological polar surface area (TPSA) is 104 Å². The molecule has 0 spiro atoms. The number of benzene rings is 2. The van der Waals surface area contributed by atoms with Crippen LogP contribution in [0.1, 0.15) is 40.4 Å². The summed E-state index contributed by atoms with van der Waals surface area (Å²) >= 11 is 0. The predicted octanol–water partition coefficient (Wildman–Crippen LogP) is 2.18. The standard InChI is InChI=1S/C21H21N5O3/c27-18-8-6-15(7-9-18)14-22-26-21(29)19(23-24-26)20(28)25-12-10-17(11-13-25)16-4-2-1-3-5-16/h1-9,14,17,24,27H,10-13H2/b22-14+. The number of aromatic hydroxyl groups is 1. The van der Waals surface area contributed by atoms with Crippen molar-refractivity contribution in [3.05, 3.63) is 81.8 Å². The molecule has 1 amide bonds. The predicted molar refractivity (Wildman–Crippen MR) is 108 cm³/mol. The van der Waals surface area contributed by atoms with Gasteiger partial charge in [-0.3, -0.25) is 9.59 Å². The van der Waals surface area contributed by atoms with Gasteiger partial charge in [-0.25, -0.2) is 0 Å². The lowest BCUT2D eigenvalue weighted by molar-refractivity contribution is 0.0705. The van der Waals surface area contributed by atoms with E-state index in [9.17, 15) is 14.7 Å². The van der Waals surface area contributed by atoms with Crippen molar-refractivity contribution in [2.75, 3.05) is 13.1 Å². The fourth-order valence-corrected chi connectivity index (χ4v) is 3.48. The van der Waals surface area contributed by atoms with E-state index in [1.54, 1.807) is 17.0 Å². The van der Waals surface area contributed by atoms with Gasteiger partial charge in [0.05, 0.1) is 6.21 Å². The molecule has 0 unspecified atom stereocenters. The molecule has 8 heteroatoms. The number of rotatable bonds is 4. The number of phenolic OH excluding ortho intramolecular Hbond substituents is 1. The number of phenols is 1. The van der Waals surface area contributed by atoms with Crippen LogP contribution in [0.15, 0.2) is 64.5 Å². The summed E-state index contributed by atoms with van der Waals surface area (Å²) in [5, 5.41) is 19.7. The number of nitrogens with one attached hydrogen (secondary N) is 1. The summed E-state index contributed by atoms with van der Waals surface area (Å²) < 4.78 is 0. The number of H-pyrrole nitrogens is 1. The average Bonchev–Trinajstić information content (AvgIpc) is 3.14. The highest BCUT2D eigenvalue weighted by Crippen LogP contribution is 2.28. The number of nitrogens with zero attached hydrogens (tertiary/aromatic N) is 4. The molecule has 8 nitrogen and oxygen atoms in total. The van der Waals surface area contributed by atoms with Crippen LogP contribution in [-0.4, -0.2) is 50.3 Å². The Morgan fingerprint density at radius 2 is 1.79 bits per heavy atom. The molecule has 0 aliphatic carbocycles. The van der Waals surface area contributed by atoms with E-state index < -0.39 is 5.56 Å². The van der Waals surface area contributed by atoms with Crippen LogP contribution in [0, 0.1) is 0 Å². The Labute approximate surface area is 167 Å². The molecule has 1 fully saturated rings. The number of hydrogen-bond donors (Lipinski definition) is 2. The lowest BCUT2D eigenvalue weighted by Gasteiger charge is -2.31. The summed E-state index contributed by atoms with van der Waals surface area (Å²) in [5.74, 6) is 0.187. The fraction of sp³-hybridized carbons (Fsp3) is 0.238. The first kappa shape index (κ1) is 18.7. The van der Waals surface area contributed by atoms with Crippen LogP contribution in [0.4, 0.5) is 0 Å². The van der Waals surface area contributed by atoms with Crippen molar-refractivity contribution in [2.24, 2.45) is 5.10 Å². The minimum atomic E-state index is -0.588. The monoisotopic (exact) mass is 391 g/mol. The second kappa shape index (κ2) is 8.14. The maximum atomic E-state index is 12.7. The average molecular weight is 391 g/mol. The molecule has 2 N–H and O–H groups in total. The third kappa shape index (κ3) is 4.11. The zero-order valence-electron chi connectivity index (χ0n) is 15.7. The van der Waals surface area contributed by atoms with E-state index in [0.717, 1.165) is 17.6 Å². The highest BCUT2D eigenvalue weighted by molar-refractivity contribution is 5.92. The van der Waals surface area contributed by atoms with Gasteiger partial charge < -0.3 is 10.0 Å². The molecule has 1 aromatic heterocycles. The molecule has 148 valence electrons. The van der Waals surface area contributed by atoms with Crippen LogP contribution in [0.25, 0.3) is 0 Å². The number of likely N-dealkylation sites (tertiary alicyclic amines) is 1. The van der Waals surface area contributed by atoms with Gasteiger partial charge in [-0.1, -0.05) is 30.3 Å². The van der Waals surface area contributed by atoms with Crippen LogP contribution in [0.2, 0.25) is 0 Å². The number of carbonyl (C=O) groups is 1. The largest absolute Gasteiger partial charge is 0.508 e. The van der Waals surface area contributed by atoms with Crippen molar-refractivity contribution in [1.29, 1.82) is 0 Å². The van der Waals surface area contributed by atoms with E-state index in [1.165, 1.54) is 23.9 Å². The van der Waals surface area contributed by atoms with Gasteiger partial charge in [0.15, 0.2) is 0 Å². The molecule has 0 atom stereocenters. The zero-order chi connectivity index (χ0) is 20.2. The zero-order valence-corrected chi connectivity index (χ0v) is 15.7. The summed E-state index contributed by atoms with van der Waals surface area (Å²) in [6, 6.07) is 16.6. The Hall–Kier alpha value is -3.68. The number of piperidine rings is 1. The number of amides is 1. The lowest BCUT2D eigenvalue weighted by Crippen LogP contribution is -2.40. The third-order valence-electron chi connectivity index (χ3n) is 5.12. The van der Waals surface area contributed by atoms with Crippen molar-refractivity contribution >= 4 is 12.1 Å². The second-order valence-electron chi connectivity index (χ2n) is 6.99. The van der Waals surface area contributed by atoms with Gasteiger partial charge in [-0.2, -0.15) is 10.3 Å². The maximum absolute atomic E-state index is 12.7. The van der Waals surface area contributed by atoms with Gasteiger partial charge in [-0.15, -0.1) is 9.89 Å². The molecule has 1 saturated heterocycles. The molecule has 0 bridgehead atoms. The van der Waals surface area contributed by atoms with Gasteiger partial charge in [0.2, 0.25) is 5.69 Å². The Kier molecular flexibility index (Phi) is 5.24. The third-order valence-corrected chi connectivity index (χ3v) is 5.12. The van der Waals surface area contributed by atoms with E-state index in [1.807, 2.05) is 18.2 Å². The minimum Gasteiger partial charge on any atom is -0.508 e. The van der Waals surface area contributed by atoms with Crippen LogP contribution in [0.3, 0.4) is 0 Å². The molecular weight excluding hydrogens is 370 g/mol. The maximum Gasteiger partial charge on any atom is 0.320 e. The number of aromatic amines is 1. The highest BCUT2D eigenvalue weighted by atomic mass is 16.3. The highest BCUT2D eigenvalue weighted by Gasteiger charge is 2.28. The Morgan fingerprint density at radius 3 is 2.48 bits per heavy atom. The lowest BCUT2D eigenvalue weighted by atomic mass is 9.89. The molecule has 4 rings (SSSR count). The molecule has 29 heavy (non-hydrogen) atoms. The van der Waals surface area contributed by atoms with E-state index >= 15 is 0 Å². The molecule has 3 aromatic rings. The van der Waals surface area contributed by atoms with Crippen molar-refractivity contribution in [3.8, 4) is 5.75 Å². The summed E-state index contributed by atoms with van der Waals surface area (Å²) in [5.41, 5.74) is 1.23. The van der Waals surface area contributed by atoms with E-state index in [4.69, 9.17) is 0 Å². The Balaban J connectivity index is 1.42. The fourth-order valence-electron chi connectivity index (χ4n) is 3.48. The summed E-state index contributed by atoms with van der Waals surface area (Å²) in [6.07, 6.45) is 3.15. The summed E-state index contributed by atoms with van der Waals surface area (Å²) in [6.45, 7) is 1.17. The van der Waals surface area contributed by atoms with Gasteiger partial charge in [0, 0.05) is 13.1 Å². The van der Waals surface area contributed by atoms with Crippen molar-refractivity contribution in [3.63, 3.8) is 0 Å². The van der Waals surface area contributed by atoms with Crippen LogP contribution >= 0.6 is 0 Å². The van der Waals surface area contributed by atoms with Gasteiger partial charge in [-0.05, 0) is 54.2 Å². The van der Waals surface area contributed by atoms with Gasteiger partial charge >= 0.3 is 5.56 Å². The van der Waals surface area contributed by atoms with Gasteiger partial charge in [0.1, 0.15) is 5.75 Å². The van der Waals surface area contributed by atoms with Crippen LogP contribution < -0.4 is 5.56 Å². The Morgan fingerprint density at radius 1 is 1.10 bits per heavy atom. The number of carbonyl (C=O) groups excluding carboxylic acids is 1. The van der Waals surface area contributed by atoms with Crippen molar-refractivity contribution < 1.29 is 9.90 Å². The van der Waals surface area contributed by atoms with Crippen molar-refractivity contribution in [1.82, 2.24) is 20.0 Å². The first-order valence-corrected chi connectivity index (χ1v) is 9.47. The smallest absolute Gasteiger partial charge is 0.320 e. The molecule has 1 aliphatic rings. The van der Waals surface area contributed by atoms with Crippen LogP contribution in [-0.2, 0) is 0 Å². The first-order valence-electron chi connectivity index (χ1n) is 9.47. The van der Waals surface area contributed by atoms with Crippen molar-refractivity contribution in [2.45, 2.75) is 18.8 Å². The molecular formula is C21H21N5O3. The number of hydrogen-bond acceptors (Lipinski definition) is 5. The molecule has 2 aromatic carbocycles. The van der Waals surface area contributed by atoms with E-state index in [-0.39, 0.29) is 17.4 Å². The van der Waals surface area contributed by atoms with Crippen LogP contribution in [0.5, 0.6) is 5.75 Å². The first-order chi connectivity index (χ1) is 14.1. The number of aromatic nitrogens is 3. The Bertz CT molecular complexity index is 1060. The van der Waals surface area contributed by atoms with E-state index in [2.05, 4.69) is 27.5 Å². The normalized spacial score (nSPS) is 15.1.